The number of fused-ring (bicyclic) bond motifs is 1. The van der Waals surface area contributed by atoms with Gasteiger partial charge in [0.2, 0.25) is 0 Å². The minimum absolute atomic E-state index is 0.0884. The summed E-state index contributed by atoms with van der Waals surface area (Å²) in [5.74, 6) is 1.46. The van der Waals surface area contributed by atoms with Crippen LogP contribution in [0.3, 0.4) is 0 Å². The number of aliphatic hydroxyl groups excluding tert-OH is 1. The molecule has 0 saturated heterocycles. The van der Waals surface area contributed by atoms with E-state index in [1.165, 1.54) is 15.3 Å². The Morgan fingerprint density at radius 2 is 2.05 bits per heavy atom. The first kappa shape index (κ1) is 13.5. The lowest BCUT2D eigenvalue weighted by Crippen LogP contribution is -2.19. The van der Waals surface area contributed by atoms with E-state index in [0.29, 0.717) is 6.42 Å². The van der Waals surface area contributed by atoms with Gasteiger partial charge in [0, 0.05) is 33.4 Å². The number of aliphatic hydroxyl groups is 1. The maximum atomic E-state index is 10.3. The molecule has 20 heavy (non-hydrogen) atoms. The van der Waals surface area contributed by atoms with E-state index in [0.717, 1.165) is 17.1 Å². The number of hydrogen-bond acceptors (Lipinski definition) is 4. The molecule has 2 heterocycles. The van der Waals surface area contributed by atoms with Crippen molar-refractivity contribution in [2.45, 2.75) is 32.5 Å². The fourth-order valence-corrected chi connectivity index (χ4v) is 3.69. The van der Waals surface area contributed by atoms with Gasteiger partial charge in [-0.05, 0) is 32.0 Å². The molecule has 3 rings (SSSR count). The average molecular weight is 290 g/mol. The summed E-state index contributed by atoms with van der Waals surface area (Å²) in [7, 11) is 1.63. The third-order valence-corrected chi connectivity index (χ3v) is 4.69. The van der Waals surface area contributed by atoms with Gasteiger partial charge in [-0.1, -0.05) is 0 Å². The molecule has 4 heteroatoms. The van der Waals surface area contributed by atoms with Crippen LogP contribution in [0.1, 0.15) is 39.5 Å². The van der Waals surface area contributed by atoms with Crippen molar-refractivity contribution in [3.63, 3.8) is 0 Å². The molecule has 1 N–H and O–H groups in total. The number of aryl methyl sites for hydroxylation is 2. The van der Waals surface area contributed by atoms with Crippen LogP contribution in [0.2, 0.25) is 0 Å². The van der Waals surface area contributed by atoms with Gasteiger partial charge in [-0.25, -0.2) is 0 Å². The van der Waals surface area contributed by atoms with E-state index in [1.807, 2.05) is 18.2 Å². The van der Waals surface area contributed by atoms with Crippen LogP contribution < -0.4 is 9.47 Å². The van der Waals surface area contributed by atoms with Crippen LogP contribution in [0, 0.1) is 13.8 Å². The minimum Gasteiger partial charge on any atom is -0.497 e. The van der Waals surface area contributed by atoms with Gasteiger partial charge in [0.1, 0.15) is 17.6 Å². The topological polar surface area (TPSA) is 38.7 Å². The van der Waals surface area contributed by atoms with E-state index in [9.17, 15) is 5.11 Å². The van der Waals surface area contributed by atoms with Gasteiger partial charge in [0.25, 0.3) is 0 Å². The van der Waals surface area contributed by atoms with Crippen molar-refractivity contribution in [2.24, 2.45) is 0 Å². The van der Waals surface area contributed by atoms with Crippen LogP contribution in [0.25, 0.3) is 0 Å². The summed E-state index contributed by atoms with van der Waals surface area (Å²) in [6, 6.07) is 7.73. The molecule has 0 saturated carbocycles. The zero-order valence-electron chi connectivity index (χ0n) is 11.8. The fourth-order valence-electron chi connectivity index (χ4n) is 2.71. The second-order valence-corrected chi connectivity index (χ2v) is 6.59. The van der Waals surface area contributed by atoms with Crippen LogP contribution in [0.15, 0.2) is 24.3 Å². The summed E-state index contributed by atoms with van der Waals surface area (Å²) in [6.07, 6.45) is 0.0138. The predicted molar refractivity (Wildman–Crippen MR) is 79.7 cm³/mol. The second-order valence-electron chi connectivity index (χ2n) is 5.13. The van der Waals surface area contributed by atoms with Crippen molar-refractivity contribution in [1.29, 1.82) is 0 Å². The summed E-state index contributed by atoms with van der Waals surface area (Å²) >= 11 is 1.77. The van der Waals surface area contributed by atoms with Gasteiger partial charge in [0.05, 0.1) is 13.2 Å². The number of thiophene rings is 1. The van der Waals surface area contributed by atoms with Crippen LogP contribution in [0.5, 0.6) is 11.5 Å². The highest BCUT2D eigenvalue weighted by atomic mass is 32.1. The van der Waals surface area contributed by atoms with Crippen molar-refractivity contribution < 1.29 is 14.6 Å². The Morgan fingerprint density at radius 1 is 1.25 bits per heavy atom. The smallest absolute Gasteiger partial charge is 0.129 e. The molecule has 0 bridgehead atoms. The molecule has 1 aromatic carbocycles. The van der Waals surface area contributed by atoms with E-state index in [4.69, 9.17) is 9.47 Å². The summed E-state index contributed by atoms with van der Waals surface area (Å²) in [6.45, 7) is 4.20. The largest absolute Gasteiger partial charge is 0.497 e. The third-order valence-electron chi connectivity index (χ3n) is 3.71. The first-order valence-electron chi connectivity index (χ1n) is 6.68. The van der Waals surface area contributed by atoms with Crippen LogP contribution in [0.4, 0.5) is 0 Å². The summed E-state index contributed by atoms with van der Waals surface area (Å²) in [5, 5.41) is 10.3. The highest BCUT2D eigenvalue weighted by Gasteiger charge is 2.29. The van der Waals surface area contributed by atoms with Crippen LogP contribution >= 0.6 is 11.3 Å². The Bertz CT molecular complexity index is 633. The molecular weight excluding hydrogens is 272 g/mol. The number of hydrogen-bond donors (Lipinski definition) is 1. The molecule has 3 nitrogen and oxygen atoms in total. The molecule has 1 aromatic heterocycles. The molecule has 0 radical (unpaired) electrons. The Morgan fingerprint density at radius 3 is 2.70 bits per heavy atom. The van der Waals surface area contributed by atoms with Crippen LogP contribution in [-0.4, -0.2) is 12.2 Å². The molecular formula is C16H18O3S. The molecule has 0 fully saturated rings. The quantitative estimate of drug-likeness (QED) is 0.910. The Hall–Kier alpha value is -1.52. The third kappa shape index (κ3) is 2.30. The summed E-state index contributed by atoms with van der Waals surface area (Å²) < 4.78 is 11.3. The monoisotopic (exact) mass is 290 g/mol. The van der Waals surface area contributed by atoms with Gasteiger partial charge in [-0.15, -0.1) is 11.3 Å². The zero-order valence-corrected chi connectivity index (χ0v) is 12.7. The number of methoxy groups -OCH3 is 1. The van der Waals surface area contributed by atoms with Gasteiger partial charge >= 0.3 is 0 Å². The number of rotatable bonds is 2. The lowest BCUT2D eigenvalue weighted by atomic mass is 9.95. The predicted octanol–water partition coefficient (Wildman–Crippen LogP) is 3.93. The standard InChI is InChI=1S/C16H18O3S/c1-9-6-13(10(2)20-9)16-8-14(17)12-5-4-11(18-3)7-15(12)19-16/h4-7,14,16-17H,8H2,1-3H3/t14-,16?/m0/s1. The average Bonchev–Trinajstić information content (AvgIpc) is 2.77. The van der Waals surface area contributed by atoms with Crippen LogP contribution in [-0.2, 0) is 0 Å². The lowest BCUT2D eigenvalue weighted by molar-refractivity contribution is 0.0654. The van der Waals surface area contributed by atoms with E-state index < -0.39 is 6.10 Å². The number of ether oxygens (including phenoxy) is 2. The van der Waals surface area contributed by atoms with E-state index in [2.05, 4.69) is 19.9 Å². The van der Waals surface area contributed by atoms with Gasteiger partial charge in [0.15, 0.2) is 0 Å². The molecule has 0 spiro atoms. The molecule has 106 valence electrons. The number of benzene rings is 1. The van der Waals surface area contributed by atoms with Gasteiger partial charge in [-0.3, -0.25) is 0 Å². The molecule has 2 aromatic rings. The molecule has 1 unspecified atom stereocenters. The van der Waals surface area contributed by atoms with E-state index in [-0.39, 0.29) is 6.10 Å². The lowest BCUT2D eigenvalue weighted by Gasteiger charge is -2.30. The first-order valence-corrected chi connectivity index (χ1v) is 7.49. The van der Waals surface area contributed by atoms with Gasteiger partial charge < -0.3 is 14.6 Å². The molecule has 1 aliphatic rings. The SMILES string of the molecule is COc1ccc2c(c1)OC(c1cc(C)sc1C)C[C@@H]2O. The highest BCUT2D eigenvalue weighted by molar-refractivity contribution is 7.12. The minimum atomic E-state index is -0.491. The Labute approximate surface area is 122 Å². The highest BCUT2D eigenvalue weighted by Crippen LogP contribution is 2.43. The van der Waals surface area contributed by atoms with E-state index >= 15 is 0 Å². The Balaban J connectivity index is 1.96. The summed E-state index contributed by atoms with van der Waals surface area (Å²) in [4.78, 5) is 2.53. The summed E-state index contributed by atoms with van der Waals surface area (Å²) in [5.41, 5.74) is 2.02. The van der Waals surface area contributed by atoms with Crippen molar-refractivity contribution in [2.75, 3.05) is 7.11 Å². The maximum Gasteiger partial charge on any atom is 0.129 e. The van der Waals surface area contributed by atoms with Crippen molar-refractivity contribution in [3.05, 3.63) is 45.1 Å². The van der Waals surface area contributed by atoms with Crippen molar-refractivity contribution in [1.82, 2.24) is 0 Å². The fraction of sp³-hybridized carbons (Fsp3) is 0.375. The van der Waals surface area contributed by atoms with Crippen molar-refractivity contribution >= 4 is 11.3 Å². The second kappa shape index (κ2) is 5.11. The maximum absolute atomic E-state index is 10.3. The molecule has 0 aliphatic carbocycles. The zero-order chi connectivity index (χ0) is 14.3. The molecule has 0 amide bonds. The molecule has 1 aliphatic heterocycles. The normalized spacial score (nSPS) is 21.2. The first-order chi connectivity index (χ1) is 9.58. The molecule has 2 atom stereocenters. The van der Waals surface area contributed by atoms with Crippen molar-refractivity contribution in [3.8, 4) is 11.5 Å². The van der Waals surface area contributed by atoms with Gasteiger partial charge in [-0.2, -0.15) is 0 Å². The van der Waals surface area contributed by atoms with E-state index in [1.54, 1.807) is 18.4 Å². The Kier molecular flexibility index (Phi) is 3.44.